The normalized spacial score (nSPS) is 45.7. The van der Waals surface area contributed by atoms with E-state index in [0.717, 1.165) is 19.7 Å². The molecule has 0 aliphatic carbocycles. The van der Waals surface area contributed by atoms with E-state index in [1.807, 2.05) is 0 Å². The van der Waals surface area contributed by atoms with Crippen molar-refractivity contribution in [3.05, 3.63) is 0 Å². The van der Waals surface area contributed by atoms with Gasteiger partial charge < -0.3 is 10.1 Å². The lowest BCUT2D eigenvalue weighted by Crippen LogP contribution is -2.45. The van der Waals surface area contributed by atoms with Gasteiger partial charge in [0.15, 0.2) is 0 Å². The molecule has 2 unspecified atom stereocenters. The third kappa shape index (κ3) is 1.75. The Morgan fingerprint density at radius 3 is 2.85 bits per heavy atom. The summed E-state index contributed by atoms with van der Waals surface area (Å²) < 4.78 is 5.96. The quantitative estimate of drug-likeness (QED) is 0.671. The fourth-order valence-corrected chi connectivity index (χ4v) is 2.73. The fourth-order valence-electron chi connectivity index (χ4n) is 2.73. The average molecular weight is 183 g/mol. The highest BCUT2D eigenvalue weighted by Crippen LogP contribution is 2.43. The minimum atomic E-state index is 0.197. The zero-order chi connectivity index (χ0) is 9.36. The summed E-state index contributed by atoms with van der Waals surface area (Å²) in [6.07, 6.45) is 5.00. The van der Waals surface area contributed by atoms with E-state index in [0.29, 0.717) is 5.41 Å². The van der Waals surface area contributed by atoms with Crippen LogP contribution in [0, 0.1) is 5.41 Å². The van der Waals surface area contributed by atoms with Gasteiger partial charge in [0, 0.05) is 13.2 Å². The van der Waals surface area contributed by atoms with Crippen LogP contribution in [-0.4, -0.2) is 25.3 Å². The summed E-state index contributed by atoms with van der Waals surface area (Å²) in [5.41, 5.74) is 0.729. The molecule has 2 fully saturated rings. The Bertz CT molecular complexity index is 187. The second-order valence-electron chi connectivity index (χ2n) is 5.05. The van der Waals surface area contributed by atoms with E-state index in [2.05, 4.69) is 19.2 Å². The molecule has 0 aromatic rings. The molecular weight excluding hydrogens is 162 g/mol. The van der Waals surface area contributed by atoms with Crippen molar-refractivity contribution in [2.75, 3.05) is 19.7 Å². The Hall–Kier alpha value is -0.0800. The third-order valence-electron chi connectivity index (χ3n) is 3.92. The van der Waals surface area contributed by atoms with Crippen LogP contribution in [0.1, 0.15) is 39.5 Å². The van der Waals surface area contributed by atoms with Crippen molar-refractivity contribution in [1.82, 2.24) is 5.32 Å². The van der Waals surface area contributed by atoms with Crippen molar-refractivity contribution in [2.45, 2.75) is 45.1 Å². The fraction of sp³-hybridized carbons (Fsp3) is 1.00. The van der Waals surface area contributed by atoms with Crippen molar-refractivity contribution in [3.63, 3.8) is 0 Å². The van der Waals surface area contributed by atoms with E-state index in [4.69, 9.17) is 4.74 Å². The molecule has 0 aromatic heterocycles. The molecule has 1 N–H and O–H groups in total. The molecule has 0 bridgehead atoms. The van der Waals surface area contributed by atoms with Gasteiger partial charge in [-0.3, -0.25) is 0 Å². The van der Waals surface area contributed by atoms with E-state index in [-0.39, 0.29) is 5.60 Å². The summed E-state index contributed by atoms with van der Waals surface area (Å²) in [4.78, 5) is 0. The monoisotopic (exact) mass is 183 g/mol. The van der Waals surface area contributed by atoms with Crippen molar-refractivity contribution >= 4 is 0 Å². The summed E-state index contributed by atoms with van der Waals surface area (Å²) in [6.45, 7) is 7.89. The van der Waals surface area contributed by atoms with Crippen LogP contribution in [-0.2, 0) is 4.74 Å². The van der Waals surface area contributed by atoms with Gasteiger partial charge in [0.2, 0.25) is 0 Å². The SMILES string of the molecule is CCC1(C)CCOC2(CCNC2)C1. The maximum absolute atomic E-state index is 5.96. The predicted molar refractivity (Wildman–Crippen MR) is 53.8 cm³/mol. The van der Waals surface area contributed by atoms with Crippen LogP contribution in [0.3, 0.4) is 0 Å². The minimum Gasteiger partial charge on any atom is -0.374 e. The Balaban J connectivity index is 2.06. The van der Waals surface area contributed by atoms with Gasteiger partial charge in [0.25, 0.3) is 0 Å². The van der Waals surface area contributed by atoms with E-state index >= 15 is 0 Å². The molecule has 76 valence electrons. The highest BCUT2D eigenvalue weighted by Gasteiger charge is 2.44. The van der Waals surface area contributed by atoms with Crippen LogP contribution in [0.5, 0.6) is 0 Å². The van der Waals surface area contributed by atoms with Crippen LogP contribution < -0.4 is 5.32 Å². The van der Waals surface area contributed by atoms with Gasteiger partial charge in [-0.15, -0.1) is 0 Å². The second-order valence-corrected chi connectivity index (χ2v) is 5.05. The number of nitrogens with one attached hydrogen (secondary N) is 1. The molecule has 2 aliphatic heterocycles. The van der Waals surface area contributed by atoms with E-state index < -0.39 is 0 Å². The number of rotatable bonds is 1. The molecule has 2 heteroatoms. The second kappa shape index (κ2) is 3.25. The first-order valence-corrected chi connectivity index (χ1v) is 5.53. The number of hydrogen-bond acceptors (Lipinski definition) is 2. The lowest BCUT2D eigenvalue weighted by Gasteiger charge is -2.44. The van der Waals surface area contributed by atoms with Crippen molar-refractivity contribution in [1.29, 1.82) is 0 Å². The molecular formula is C11H21NO. The summed E-state index contributed by atoms with van der Waals surface area (Å²) in [5.74, 6) is 0. The summed E-state index contributed by atoms with van der Waals surface area (Å²) >= 11 is 0. The van der Waals surface area contributed by atoms with Gasteiger partial charge in [0.05, 0.1) is 5.60 Å². The molecule has 2 aliphatic rings. The molecule has 0 amide bonds. The topological polar surface area (TPSA) is 21.3 Å². The van der Waals surface area contributed by atoms with Gasteiger partial charge in [-0.1, -0.05) is 20.3 Å². The molecule has 2 saturated heterocycles. The number of hydrogen-bond donors (Lipinski definition) is 1. The molecule has 0 saturated carbocycles. The zero-order valence-electron chi connectivity index (χ0n) is 8.86. The standard InChI is InChI=1S/C11H21NO/c1-3-10(2)5-7-13-11(8-10)4-6-12-9-11/h12H,3-9H2,1-2H3. The van der Waals surface area contributed by atoms with Crippen LogP contribution in [0.15, 0.2) is 0 Å². The Kier molecular flexibility index (Phi) is 2.37. The predicted octanol–water partition coefficient (Wildman–Crippen LogP) is 1.95. The molecule has 2 heterocycles. The minimum absolute atomic E-state index is 0.197. The van der Waals surface area contributed by atoms with Gasteiger partial charge in [0.1, 0.15) is 0 Å². The molecule has 2 nitrogen and oxygen atoms in total. The summed E-state index contributed by atoms with van der Waals surface area (Å²) in [7, 11) is 0. The Morgan fingerprint density at radius 1 is 1.38 bits per heavy atom. The van der Waals surface area contributed by atoms with E-state index in [1.165, 1.54) is 25.7 Å². The van der Waals surface area contributed by atoms with Crippen LogP contribution in [0.4, 0.5) is 0 Å². The van der Waals surface area contributed by atoms with Crippen LogP contribution in [0.2, 0.25) is 0 Å². The lowest BCUT2D eigenvalue weighted by atomic mass is 9.72. The number of ether oxygens (including phenoxy) is 1. The highest BCUT2D eigenvalue weighted by atomic mass is 16.5. The van der Waals surface area contributed by atoms with Crippen molar-refractivity contribution < 1.29 is 4.74 Å². The molecule has 2 atom stereocenters. The first kappa shape index (κ1) is 9.47. The molecule has 13 heavy (non-hydrogen) atoms. The molecule has 2 rings (SSSR count). The maximum Gasteiger partial charge on any atom is 0.0823 e. The van der Waals surface area contributed by atoms with Gasteiger partial charge in [-0.25, -0.2) is 0 Å². The van der Waals surface area contributed by atoms with Gasteiger partial charge >= 0.3 is 0 Å². The third-order valence-corrected chi connectivity index (χ3v) is 3.92. The Labute approximate surface area is 81.0 Å². The average Bonchev–Trinajstić information content (AvgIpc) is 2.53. The Morgan fingerprint density at radius 2 is 2.23 bits per heavy atom. The lowest BCUT2D eigenvalue weighted by molar-refractivity contribution is -0.110. The smallest absolute Gasteiger partial charge is 0.0823 e. The molecule has 1 spiro atoms. The van der Waals surface area contributed by atoms with Crippen molar-refractivity contribution in [2.24, 2.45) is 5.41 Å². The molecule has 0 radical (unpaired) electrons. The van der Waals surface area contributed by atoms with E-state index in [1.54, 1.807) is 0 Å². The van der Waals surface area contributed by atoms with Gasteiger partial charge in [-0.05, 0) is 31.2 Å². The first-order chi connectivity index (χ1) is 6.18. The van der Waals surface area contributed by atoms with Gasteiger partial charge in [-0.2, -0.15) is 0 Å². The molecule has 0 aromatic carbocycles. The summed E-state index contributed by atoms with van der Waals surface area (Å²) in [6, 6.07) is 0. The largest absolute Gasteiger partial charge is 0.374 e. The van der Waals surface area contributed by atoms with Crippen LogP contribution >= 0.6 is 0 Å². The van der Waals surface area contributed by atoms with E-state index in [9.17, 15) is 0 Å². The van der Waals surface area contributed by atoms with Crippen molar-refractivity contribution in [3.8, 4) is 0 Å². The maximum atomic E-state index is 5.96. The summed E-state index contributed by atoms with van der Waals surface area (Å²) in [5, 5.41) is 3.42. The highest BCUT2D eigenvalue weighted by molar-refractivity contribution is 4.97. The first-order valence-electron chi connectivity index (χ1n) is 5.53. The van der Waals surface area contributed by atoms with Crippen LogP contribution in [0.25, 0.3) is 0 Å². The zero-order valence-corrected chi connectivity index (χ0v) is 8.86.